The molecule has 0 aromatic heterocycles. The van der Waals surface area contributed by atoms with E-state index in [0.29, 0.717) is 0 Å². The van der Waals surface area contributed by atoms with Crippen molar-refractivity contribution in [1.29, 1.82) is 0 Å². The first-order valence-electron chi connectivity index (χ1n) is 5.42. The van der Waals surface area contributed by atoms with Gasteiger partial charge in [0.05, 0.1) is 10.5 Å². The highest BCUT2D eigenvalue weighted by Crippen LogP contribution is 2.24. The first kappa shape index (κ1) is 15.7. The molecular formula is C11H12F3N3O3. The number of amides is 1. The average Bonchev–Trinajstić information content (AvgIpc) is 2.34. The van der Waals surface area contributed by atoms with Gasteiger partial charge in [-0.2, -0.15) is 13.2 Å². The Morgan fingerprint density at radius 1 is 1.40 bits per heavy atom. The van der Waals surface area contributed by atoms with Crippen molar-refractivity contribution >= 4 is 17.3 Å². The number of hydrogen-bond acceptors (Lipinski definition) is 4. The molecule has 0 heterocycles. The molecule has 0 aliphatic rings. The van der Waals surface area contributed by atoms with E-state index in [9.17, 15) is 28.1 Å². The molecule has 6 nitrogen and oxygen atoms in total. The zero-order valence-electron chi connectivity index (χ0n) is 10.7. The van der Waals surface area contributed by atoms with Crippen molar-refractivity contribution in [2.24, 2.45) is 0 Å². The molecule has 1 amide bonds. The SMILES string of the molecule is CN(C)c1ccc([N+](=O)[O-])cc1C(=O)NCC(F)(F)F. The summed E-state index contributed by atoms with van der Waals surface area (Å²) in [4.78, 5) is 23.1. The Kier molecular flexibility index (Phi) is 4.53. The summed E-state index contributed by atoms with van der Waals surface area (Å²) in [7, 11) is 3.14. The number of nitro groups is 1. The van der Waals surface area contributed by atoms with Gasteiger partial charge >= 0.3 is 6.18 Å². The summed E-state index contributed by atoms with van der Waals surface area (Å²) in [6.45, 7) is -1.50. The molecule has 1 rings (SSSR count). The maximum Gasteiger partial charge on any atom is 0.405 e. The van der Waals surface area contributed by atoms with Gasteiger partial charge in [0.1, 0.15) is 6.54 Å². The molecular weight excluding hydrogens is 279 g/mol. The summed E-state index contributed by atoms with van der Waals surface area (Å²) in [5, 5.41) is 12.3. The van der Waals surface area contributed by atoms with E-state index >= 15 is 0 Å². The highest BCUT2D eigenvalue weighted by atomic mass is 19.4. The van der Waals surface area contributed by atoms with Crippen LogP contribution in [0.25, 0.3) is 0 Å². The summed E-state index contributed by atoms with van der Waals surface area (Å²) in [6.07, 6.45) is -4.55. The van der Waals surface area contributed by atoms with Crippen molar-refractivity contribution in [2.75, 3.05) is 25.5 Å². The first-order chi connectivity index (χ1) is 9.11. The van der Waals surface area contributed by atoms with E-state index in [2.05, 4.69) is 0 Å². The third-order valence-corrected chi connectivity index (χ3v) is 2.37. The van der Waals surface area contributed by atoms with Gasteiger partial charge in [-0.25, -0.2) is 0 Å². The molecule has 0 aliphatic heterocycles. The Hall–Kier alpha value is -2.32. The lowest BCUT2D eigenvalue weighted by Gasteiger charge is -2.17. The van der Waals surface area contributed by atoms with Gasteiger partial charge < -0.3 is 10.2 Å². The van der Waals surface area contributed by atoms with Crippen molar-refractivity contribution in [1.82, 2.24) is 5.32 Å². The topological polar surface area (TPSA) is 75.5 Å². The Labute approximate surface area is 112 Å². The molecule has 0 bridgehead atoms. The van der Waals surface area contributed by atoms with Gasteiger partial charge in [0.25, 0.3) is 11.6 Å². The molecule has 1 aromatic rings. The maximum atomic E-state index is 12.1. The summed E-state index contributed by atoms with van der Waals surface area (Å²) in [6, 6.07) is 3.43. The van der Waals surface area contributed by atoms with Crippen LogP contribution in [0.15, 0.2) is 18.2 Å². The minimum absolute atomic E-state index is 0.187. The Bertz CT molecular complexity index is 529. The average molecular weight is 291 g/mol. The third kappa shape index (κ3) is 4.11. The fraction of sp³-hybridized carbons (Fsp3) is 0.364. The number of hydrogen-bond donors (Lipinski definition) is 1. The molecule has 0 unspecified atom stereocenters. The number of carbonyl (C=O) groups is 1. The lowest BCUT2D eigenvalue weighted by Crippen LogP contribution is -2.34. The van der Waals surface area contributed by atoms with E-state index in [1.807, 2.05) is 0 Å². The van der Waals surface area contributed by atoms with Crippen LogP contribution in [0, 0.1) is 10.1 Å². The Morgan fingerprint density at radius 2 is 2.00 bits per heavy atom. The molecule has 0 aliphatic carbocycles. The number of non-ortho nitro benzene ring substituents is 1. The Morgan fingerprint density at radius 3 is 2.45 bits per heavy atom. The smallest absolute Gasteiger partial charge is 0.377 e. The molecule has 20 heavy (non-hydrogen) atoms. The number of carbonyl (C=O) groups excluding carboxylic acids is 1. The van der Waals surface area contributed by atoms with Crippen molar-refractivity contribution in [2.45, 2.75) is 6.18 Å². The van der Waals surface area contributed by atoms with Gasteiger partial charge in [0.15, 0.2) is 0 Å². The number of nitrogens with zero attached hydrogens (tertiary/aromatic N) is 2. The number of nitrogens with one attached hydrogen (secondary N) is 1. The molecule has 1 aromatic carbocycles. The number of rotatable bonds is 4. The van der Waals surface area contributed by atoms with Gasteiger partial charge in [-0.15, -0.1) is 0 Å². The van der Waals surface area contributed by atoms with E-state index in [-0.39, 0.29) is 16.9 Å². The van der Waals surface area contributed by atoms with Gasteiger partial charge in [-0.05, 0) is 6.07 Å². The number of halogens is 3. The van der Waals surface area contributed by atoms with E-state index in [1.54, 1.807) is 19.4 Å². The largest absolute Gasteiger partial charge is 0.405 e. The second kappa shape index (κ2) is 5.76. The van der Waals surface area contributed by atoms with E-state index in [4.69, 9.17) is 0 Å². The monoisotopic (exact) mass is 291 g/mol. The lowest BCUT2D eigenvalue weighted by atomic mass is 10.1. The number of nitro benzene ring substituents is 1. The standard InChI is InChI=1S/C11H12F3N3O3/c1-16(2)9-4-3-7(17(19)20)5-8(9)10(18)15-6-11(12,13)14/h3-5H,6H2,1-2H3,(H,15,18). The van der Waals surface area contributed by atoms with Crippen LogP contribution < -0.4 is 10.2 Å². The molecule has 0 atom stereocenters. The molecule has 0 spiro atoms. The van der Waals surface area contributed by atoms with Gasteiger partial charge in [-0.1, -0.05) is 0 Å². The van der Waals surface area contributed by atoms with Crippen LogP contribution in [0.5, 0.6) is 0 Å². The minimum atomic E-state index is -4.55. The predicted molar refractivity (Wildman–Crippen MR) is 65.8 cm³/mol. The van der Waals surface area contributed by atoms with E-state index in [1.165, 1.54) is 17.0 Å². The van der Waals surface area contributed by atoms with Crippen LogP contribution in [-0.4, -0.2) is 37.6 Å². The number of alkyl halides is 3. The van der Waals surface area contributed by atoms with Gasteiger partial charge in [0, 0.05) is 31.9 Å². The fourth-order valence-corrected chi connectivity index (χ4v) is 1.49. The molecule has 9 heteroatoms. The summed E-state index contributed by atoms with van der Waals surface area (Å²) < 4.78 is 36.2. The minimum Gasteiger partial charge on any atom is -0.377 e. The quantitative estimate of drug-likeness (QED) is 0.679. The predicted octanol–water partition coefficient (Wildman–Crippen LogP) is 1.95. The second-order valence-electron chi connectivity index (χ2n) is 4.15. The molecule has 110 valence electrons. The fourth-order valence-electron chi connectivity index (χ4n) is 1.49. The first-order valence-corrected chi connectivity index (χ1v) is 5.42. The van der Waals surface area contributed by atoms with Crippen LogP contribution in [0.3, 0.4) is 0 Å². The zero-order valence-corrected chi connectivity index (χ0v) is 10.7. The summed E-state index contributed by atoms with van der Waals surface area (Å²) in [5.74, 6) is -1.02. The molecule has 1 N–H and O–H groups in total. The molecule has 0 fully saturated rings. The zero-order chi connectivity index (χ0) is 15.5. The van der Waals surface area contributed by atoms with Crippen molar-refractivity contribution in [3.8, 4) is 0 Å². The van der Waals surface area contributed by atoms with Gasteiger partial charge in [0.2, 0.25) is 0 Å². The van der Waals surface area contributed by atoms with Crippen LogP contribution >= 0.6 is 0 Å². The Balaban J connectivity index is 3.09. The maximum absolute atomic E-state index is 12.1. The molecule has 0 radical (unpaired) electrons. The highest BCUT2D eigenvalue weighted by Gasteiger charge is 2.29. The molecule has 0 saturated carbocycles. The summed E-state index contributed by atoms with van der Waals surface area (Å²) >= 11 is 0. The lowest BCUT2D eigenvalue weighted by molar-refractivity contribution is -0.384. The van der Waals surface area contributed by atoms with Crippen LogP contribution in [0.2, 0.25) is 0 Å². The van der Waals surface area contributed by atoms with Crippen molar-refractivity contribution < 1.29 is 22.9 Å². The van der Waals surface area contributed by atoms with E-state index < -0.39 is 23.6 Å². The van der Waals surface area contributed by atoms with Crippen LogP contribution in [0.4, 0.5) is 24.5 Å². The third-order valence-electron chi connectivity index (χ3n) is 2.37. The van der Waals surface area contributed by atoms with Crippen molar-refractivity contribution in [3.05, 3.63) is 33.9 Å². The number of benzene rings is 1. The van der Waals surface area contributed by atoms with Crippen molar-refractivity contribution in [3.63, 3.8) is 0 Å². The second-order valence-corrected chi connectivity index (χ2v) is 4.15. The van der Waals surface area contributed by atoms with Crippen LogP contribution in [-0.2, 0) is 0 Å². The molecule has 0 saturated heterocycles. The highest BCUT2D eigenvalue weighted by molar-refractivity contribution is 6.00. The summed E-state index contributed by atoms with van der Waals surface area (Å²) in [5.41, 5.74) is -0.267. The van der Waals surface area contributed by atoms with Gasteiger partial charge in [-0.3, -0.25) is 14.9 Å². The van der Waals surface area contributed by atoms with E-state index in [0.717, 1.165) is 6.07 Å². The normalized spacial score (nSPS) is 11.1. The number of anilines is 1. The van der Waals surface area contributed by atoms with Crippen LogP contribution in [0.1, 0.15) is 10.4 Å².